The molecular weight excluding hydrogens is 819 g/mol. The molecule has 4 aliphatic rings. The van der Waals surface area contributed by atoms with Crippen molar-refractivity contribution < 1.29 is 57.2 Å². The van der Waals surface area contributed by atoms with Crippen LogP contribution in [0.3, 0.4) is 0 Å². The van der Waals surface area contributed by atoms with Crippen LogP contribution in [0.5, 0.6) is 0 Å². The van der Waals surface area contributed by atoms with Crippen molar-refractivity contribution in [3.05, 3.63) is 0 Å². The molecule has 64 heavy (non-hydrogen) atoms. The molecule has 0 spiro atoms. The average Bonchev–Trinajstić information content (AvgIpc) is 3.26. The Labute approximate surface area is 384 Å². The van der Waals surface area contributed by atoms with Crippen LogP contribution in [0.4, 0.5) is 0 Å². The van der Waals surface area contributed by atoms with Gasteiger partial charge in [0.1, 0.15) is 26.4 Å². The van der Waals surface area contributed by atoms with Crippen molar-refractivity contribution in [1.82, 2.24) is 4.90 Å². The van der Waals surface area contributed by atoms with Gasteiger partial charge in [-0.3, -0.25) is 28.8 Å². The van der Waals surface area contributed by atoms with E-state index in [4.69, 9.17) is 28.4 Å². The predicted octanol–water partition coefficient (Wildman–Crippen LogP) is 9.34. The molecule has 0 N–H and O–H groups in total. The summed E-state index contributed by atoms with van der Waals surface area (Å²) in [5.74, 6) is 1.69. The van der Waals surface area contributed by atoms with Crippen LogP contribution in [0.25, 0.3) is 0 Å². The number of carbonyl (C=O) groups excluding carboxylic acids is 6. The van der Waals surface area contributed by atoms with Crippen LogP contribution < -0.4 is 0 Å². The Hall–Kier alpha value is -3.22. The number of rotatable bonds is 26. The standard InChI is InChI=1S/C51H85NO12/c1-36-10-18-40(19-11-36)28-48(55)59-32-44(33-60-49(56)29-41-20-12-37(2)13-21-41)63-46(53)8-6-26-52(5)27-7-9-47(54)64-45(34-61-50(57)30-42-22-14-38(3)15-23-42)35-62-51(58)31-43-24-16-39(4)17-25-43/h36-45H,6-35H2,1-5H3. The summed E-state index contributed by atoms with van der Waals surface area (Å²) in [6.07, 6.45) is 17.6. The van der Waals surface area contributed by atoms with Crippen molar-refractivity contribution in [2.45, 2.75) is 194 Å². The maximum absolute atomic E-state index is 13.0. The van der Waals surface area contributed by atoms with Gasteiger partial charge in [0.05, 0.1) is 0 Å². The van der Waals surface area contributed by atoms with Crippen molar-refractivity contribution in [3.63, 3.8) is 0 Å². The first-order chi connectivity index (χ1) is 30.7. The Morgan fingerprint density at radius 3 is 0.859 bits per heavy atom. The molecule has 0 aromatic rings. The quantitative estimate of drug-likeness (QED) is 0.0597. The highest BCUT2D eigenvalue weighted by Gasteiger charge is 2.28. The maximum atomic E-state index is 13.0. The van der Waals surface area contributed by atoms with E-state index in [-0.39, 0.29) is 63.1 Å². The summed E-state index contributed by atoms with van der Waals surface area (Å²) in [6.45, 7) is 9.42. The Balaban J connectivity index is 1.16. The van der Waals surface area contributed by atoms with Crippen LogP contribution in [-0.2, 0) is 57.2 Å². The van der Waals surface area contributed by atoms with Gasteiger partial charge in [-0.2, -0.15) is 0 Å². The summed E-state index contributed by atoms with van der Waals surface area (Å²) in [6, 6.07) is 0. The zero-order valence-corrected chi connectivity index (χ0v) is 40.3. The number of ether oxygens (including phenoxy) is 6. The third kappa shape index (κ3) is 22.8. The van der Waals surface area contributed by atoms with Gasteiger partial charge in [-0.15, -0.1) is 0 Å². The second-order valence-corrected chi connectivity index (χ2v) is 20.8. The van der Waals surface area contributed by atoms with E-state index in [1.165, 1.54) is 0 Å². The fourth-order valence-electron chi connectivity index (χ4n) is 9.88. The molecule has 0 bridgehead atoms. The number of hydrogen-bond donors (Lipinski definition) is 0. The van der Waals surface area contributed by atoms with Gasteiger partial charge >= 0.3 is 35.8 Å². The van der Waals surface area contributed by atoms with E-state index in [0.29, 0.717) is 99.0 Å². The van der Waals surface area contributed by atoms with E-state index in [1.807, 2.05) is 11.9 Å². The minimum absolute atomic E-state index is 0.115. The van der Waals surface area contributed by atoms with E-state index in [0.717, 1.165) is 103 Å². The molecule has 0 heterocycles. The van der Waals surface area contributed by atoms with E-state index >= 15 is 0 Å². The molecule has 0 aliphatic heterocycles. The highest BCUT2D eigenvalue weighted by atomic mass is 16.6. The van der Waals surface area contributed by atoms with E-state index in [1.54, 1.807) is 0 Å². The minimum Gasteiger partial charge on any atom is -0.462 e. The van der Waals surface area contributed by atoms with Crippen molar-refractivity contribution >= 4 is 35.8 Å². The minimum atomic E-state index is -0.889. The highest BCUT2D eigenvalue weighted by Crippen LogP contribution is 2.33. The van der Waals surface area contributed by atoms with Gasteiger partial charge in [0, 0.05) is 38.5 Å². The van der Waals surface area contributed by atoms with Gasteiger partial charge in [-0.1, -0.05) is 79.1 Å². The van der Waals surface area contributed by atoms with Crippen molar-refractivity contribution in [3.8, 4) is 0 Å². The first-order valence-electron chi connectivity index (χ1n) is 25.4. The molecule has 0 aromatic carbocycles. The molecule has 0 atom stereocenters. The zero-order valence-electron chi connectivity index (χ0n) is 40.3. The lowest BCUT2D eigenvalue weighted by Gasteiger charge is -2.26. The monoisotopic (exact) mass is 904 g/mol. The Bertz CT molecular complexity index is 1220. The molecule has 13 heteroatoms. The van der Waals surface area contributed by atoms with Crippen LogP contribution in [-0.4, -0.2) is 99.5 Å². The number of hydrogen-bond acceptors (Lipinski definition) is 13. The smallest absolute Gasteiger partial charge is 0.306 e. The summed E-state index contributed by atoms with van der Waals surface area (Å²) < 4.78 is 33.7. The van der Waals surface area contributed by atoms with E-state index in [9.17, 15) is 28.8 Å². The van der Waals surface area contributed by atoms with Crippen molar-refractivity contribution in [1.29, 1.82) is 0 Å². The highest BCUT2D eigenvalue weighted by molar-refractivity contribution is 5.72. The summed E-state index contributed by atoms with van der Waals surface area (Å²) in [4.78, 5) is 79.0. The Kier molecular flexibility index (Phi) is 24.6. The maximum Gasteiger partial charge on any atom is 0.306 e. The Morgan fingerprint density at radius 2 is 0.625 bits per heavy atom. The number of esters is 6. The molecule has 0 amide bonds. The van der Waals surface area contributed by atoms with Gasteiger partial charge in [-0.25, -0.2) is 0 Å². The Morgan fingerprint density at radius 1 is 0.391 bits per heavy atom. The zero-order chi connectivity index (χ0) is 46.3. The third-order valence-electron chi connectivity index (χ3n) is 14.5. The molecule has 366 valence electrons. The average molecular weight is 904 g/mol. The first-order valence-corrected chi connectivity index (χ1v) is 25.4. The number of carbonyl (C=O) groups is 6. The van der Waals surface area contributed by atoms with Crippen LogP contribution in [0.1, 0.15) is 182 Å². The second-order valence-electron chi connectivity index (χ2n) is 20.8. The molecule has 0 saturated heterocycles. The topological polar surface area (TPSA) is 161 Å². The molecule has 4 rings (SSSR count). The molecule has 0 aromatic heterocycles. The molecule has 13 nitrogen and oxygen atoms in total. The molecule has 0 radical (unpaired) electrons. The van der Waals surface area contributed by atoms with Crippen molar-refractivity contribution in [2.24, 2.45) is 47.3 Å². The van der Waals surface area contributed by atoms with Gasteiger partial charge in [-0.05, 0) is 132 Å². The SMILES string of the molecule is CC1CCC(CC(=O)OCC(COC(=O)CC2CCC(C)CC2)OC(=O)CCCN(C)CCCC(=O)OC(COC(=O)CC2CCC(C)CC2)COC(=O)CC2CCC(C)CC2)CC1. The summed E-state index contributed by atoms with van der Waals surface area (Å²) in [5, 5.41) is 0. The lowest BCUT2D eigenvalue weighted by atomic mass is 9.81. The first kappa shape index (κ1) is 53.4. The molecule has 4 aliphatic carbocycles. The van der Waals surface area contributed by atoms with E-state index < -0.39 is 24.1 Å². The summed E-state index contributed by atoms with van der Waals surface area (Å²) in [7, 11) is 1.90. The normalized spacial score (nSPS) is 27.1. The fraction of sp³-hybridized carbons (Fsp3) is 0.882. The second kappa shape index (κ2) is 29.4. The van der Waals surface area contributed by atoms with Crippen LogP contribution >= 0.6 is 0 Å². The van der Waals surface area contributed by atoms with Crippen molar-refractivity contribution in [2.75, 3.05) is 46.6 Å². The molecule has 4 fully saturated rings. The van der Waals surface area contributed by atoms with E-state index in [2.05, 4.69) is 27.7 Å². The van der Waals surface area contributed by atoms with Gasteiger partial charge < -0.3 is 33.3 Å². The van der Waals surface area contributed by atoms with Crippen LogP contribution in [0.2, 0.25) is 0 Å². The molecular formula is C51H85NO12. The lowest BCUT2D eigenvalue weighted by molar-refractivity contribution is -0.167. The third-order valence-corrected chi connectivity index (χ3v) is 14.5. The predicted molar refractivity (Wildman–Crippen MR) is 243 cm³/mol. The summed E-state index contributed by atoms with van der Waals surface area (Å²) >= 11 is 0. The largest absolute Gasteiger partial charge is 0.462 e. The van der Waals surface area contributed by atoms with Crippen LogP contribution in [0.15, 0.2) is 0 Å². The fourth-order valence-corrected chi connectivity index (χ4v) is 9.88. The molecule has 4 saturated carbocycles. The van der Waals surface area contributed by atoms with Gasteiger partial charge in [0.15, 0.2) is 12.2 Å². The number of nitrogens with zero attached hydrogens (tertiary/aromatic N) is 1. The lowest BCUT2D eigenvalue weighted by Crippen LogP contribution is -2.32. The molecule has 0 unspecified atom stereocenters. The van der Waals surface area contributed by atoms with Crippen LogP contribution in [0, 0.1) is 47.3 Å². The van der Waals surface area contributed by atoms with Gasteiger partial charge in [0.25, 0.3) is 0 Å². The summed E-state index contributed by atoms with van der Waals surface area (Å²) in [5.41, 5.74) is 0. The van der Waals surface area contributed by atoms with Gasteiger partial charge in [0.2, 0.25) is 0 Å².